The highest BCUT2D eigenvalue weighted by atomic mass is 16.5. The molecule has 0 radical (unpaired) electrons. The van der Waals surface area contributed by atoms with Gasteiger partial charge in [0.2, 0.25) is 11.8 Å². The first-order chi connectivity index (χ1) is 14.1. The molecule has 0 aromatic carbocycles. The number of aromatic nitrogens is 2. The Morgan fingerprint density at radius 3 is 2.79 bits per heavy atom. The summed E-state index contributed by atoms with van der Waals surface area (Å²) in [5.41, 5.74) is 0. The van der Waals surface area contributed by atoms with Crippen LogP contribution in [-0.4, -0.2) is 59.1 Å². The van der Waals surface area contributed by atoms with Gasteiger partial charge in [0.1, 0.15) is 0 Å². The first-order valence-corrected chi connectivity index (χ1v) is 11.2. The van der Waals surface area contributed by atoms with Crippen LogP contribution in [0.3, 0.4) is 0 Å². The SMILES string of the molecule is CCNC(=NCCCc1nc(C(C)C)no1)NC1CCN(C(=O)C2CCCC2)C1. The Hall–Kier alpha value is -2.12. The van der Waals surface area contributed by atoms with E-state index in [0.29, 0.717) is 18.3 Å². The fourth-order valence-corrected chi connectivity index (χ4v) is 4.05. The quantitative estimate of drug-likeness (QED) is 0.393. The van der Waals surface area contributed by atoms with E-state index in [1.807, 2.05) is 4.90 Å². The molecule has 0 bridgehead atoms. The maximum atomic E-state index is 12.6. The molecule has 1 aliphatic heterocycles. The highest BCUT2D eigenvalue weighted by Crippen LogP contribution is 2.27. The van der Waals surface area contributed by atoms with E-state index < -0.39 is 0 Å². The van der Waals surface area contributed by atoms with Crippen LogP contribution < -0.4 is 10.6 Å². The summed E-state index contributed by atoms with van der Waals surface area (Å²) in [6.07, 6.45) is 7.09. The molecule has 3 rings (SSSR count). The molecule has 162 valence electrons. The van der Waals surface area contributed by atoms with Crippen LogP contribution in [0, 0.1) is 5.92 Å². The molecular formula is C21H36N6O2. The normalized spacial score (nSPS) is 20.6. The first kappa shape index (κ1) is 21.6. The van der Waals surface area contributed by atoms with Gasteiger partial charge in [-0.2, -0.15) is 4.98 Å². The topological polar surface area (TPSA) is 95.7 Å². The number of nitrogens with one attached hydrogen (secondary N) is 2. The molecule has 1 aromatic heterocycles. The zero-order chi connectivity index (χ0) is 20.6. The van der Waals surface area contributed by atoms with Gasteiger partial charge in [0.05, 0.1) is 0 Å². The Morgan fingerprint density at radius 2 is 2.10 bits per heavy atom. The van der Waals surface area contributed by atoms with Gasteiger partial charge in [0, 0.05) is 50.5 Å². The van der Waals surface area contributed by atoms with E-state index in [2.05, 4.69) is 46.5 Å². The van der Waals surface area contributed by atoms with Gasteiger partial charge in [-0.3, -0.25) is 9.79 Å². The largest absolute Gasteiger partial charge is 0.357 e. The standard InChI is InChI=1S/C21H36N6O2/c1-4-22-21(23-12-7-10-18-25-19(15(2)3)26-29-18)24-17-11-13-27(14-17)20(28)16-8-5-6-9-16/h15-17H,4-14H2,1-3H3,(H2,22,23,24). The Bertz CT molecular complexity index is 680. The monoisotopic (exact) mass is 404 g/mol. The second-order valence-corrected chi connectivity index (χ2v) is 8.46. The van der Waals surface area contributed by atoms with Gasteiger partial charge >= 0.3 is 0 Å². The maximum absolute atomic E-state index is 12.6. The summed E-state index contributed by atoms with van der Waals surface area (Å²) in [5, 5.41) is 10.8. The van der Waals surface area contributed by atoms with Crippen LogP contribution in [0.1, 0.15) is 76.9 Å². The third kappa shape index (κ3) is 6.18. The molecule has 29 heavy (non-hydrogen) atoms. The summed E-state index contributed by atoms with van der Waals surface area (Å²) in [4.78, 5) is 23.8. The number of carbonyl (C=O) groups excluding carboxylic acids is 1. The smallest absolute Gasteiger partial charge is 0.226 e. The predicted octanol–water partition coefficient (Wildman–Crippen LogP) is 2.47. The van der Waals surface area contributed by atoms with Gasteiger partial charge in [-0.25, -0.2) is 0 Å². The van der Waals surface area contributed by atoms with Crippen molar-refractivity contribution in [3.05, 3.63) is 11.7 Å². The van der Waals surface area contributed by atoms with Crippen molar-refractivity contribution in [3.63, 3.8) is 0 Å². The number of hydrogen-bond donors (Lipinski definition) is 2. The van der Waals surface area contributed by atoms with Gasteiger partial charge in [-0.1, -0.05) is 31.8 Å². The second kappa shape index (κ2) is 10.6. The van der Waals surface area contributed by atoms with E-state index in [4.69, 9.17) is 4.52 Å². The third-order valence-electron chi connectivity index (χ3n) is 5.71. The number of aryl methyl sites for hydroxylation is 1. The molecule has 1 aliphatic carbocycles. The van der Waals surface area contributed by atoms with Crippen LogP contribution in [0.15, 0.2) is 9.52 Å². The number of carbonyl (C=O) groups is 1. The lowest BCUT2D eigenvalue weighted by Gasteiger charge is -2.21. The summed E-state index contributed by atoms with van der Waals surface area (Å²) in [5.74, 6) is 3.16. The Kier molecular flexibility index (Phi) is 7.89. The third-order valence-corrected chi connectivity index (χ3v) is 5.71. The van der Waals surface area contributed by atoms with Crippen molar-refractivity contribution >= 4 is 11.9 Å². The molecule has 2 aliphatic rings. The molecule has 2 fully saturated rings. The van der Waals surface area contributed by atoms with E-state index in [-0.39, 0.29) is 17.9 Å². The average Bonchev–Trinajstić information content (AvgIpc) is 3.46. The molecule has 1 atom stereocenters. The Morgan fingerprint density at radius 1 is 1.31 bits per heavy atom. The molecule has 2 heterocycles. The number of nitrogens with zero attached hydrogens (tertiary/aromatic N) is 4. The highest BCUT2D eigenvalue weighted by Gasteiger charge is 2.32. The Balaban J connectivity index is 1.43. The van der Waals surface area contributed by atoms with Crippen molar-refractivity contribution in [2.24, 2.45) is 10.9 Å². The fraction of sp³-hybridized carbons (Fsp3) is 0.810. The molecule has 1 saturated heterocycles. The van der Waals surface area contributed by atoms with Crippen LogP contribution >= 0.6 is 0 Å². The molecule has 1 aromatic rings. The lowest BCUT2D eigenvalue weighted by molar-refractivity contribution is -0.134. The van der Waals surface area contributed by atoms with E-state index in [1.54, 1.807) is 0 Å². The number of hydrogen-bond acceptors (Lipinski definition) is 5. The molecule has 8 heteroatoms. The van der Waals surface area contributed by atoms with Gasteiger partial charge in [0.25, 0.3) is 0 Å². The molecule has 0 spiro atoms. The highest BCUT2D eigenvalue weighted by molar-refractivity contribution is 5.81. The molecule has 8 nitrogen and oxygen atoms in total. The minimum absolute atomic E-state index is 0.261. The second-order valence-electron chi connectivity index (χ2n) is 8.46. The molecular weight excluding hydrogens is 368 g/mol. The van der Waals surface area contributed by atoms with E-state index in [1.165, 1.54) is 12.8 Å². The lowest BCUT2D eigenvalue weighted by Crippen LogP contribution is -2.45. The fourth-order valence-electron chi connectivity index (χ4n) is 4.05. The zero-order valence-electron chi connectivity index (χ0n) is 18.1. The molecule has 1 saturated carbocycles. The Labute approximate surface area is 173 Å². The first-order valence-electron chi connectivity index (χ1n) is 11.2. The lowest BCUT2D eigenvalue weighted by atomic mass is 10.1. The van der Waals surface area contributed by atoms with Crippen LogP contribution in [0.4, 0.5) is 0 Å². The van der Waals surface area contributed by atoms with Crippen molar-refractivity contribution < 1.29 is 9.32 Å². The summed E-state index contributed by atoms with van der Waals surface area (Å²) in [7, 11) is 0. The number of guanidine groups is 1. The van der Waals surface area contributed by atoms with Crippen molar-refractivity contribution in [3.8, 4) is 0 Å². The van der Waals surface area contributed by atoms with Gasteiger partial charge < -0.3 is 20.1 Å². The van der Waals surface area contributed by atoms with Crippen molar-refractivity contribution in [2.45, 2.75) is 77.7 Å². The summed E-state index contributed by atoms with van der Waals surface area (Å²) >= 11 is 0. The van der Waals surface area contributed by atoms with Gasteiger partial charge in [0.15, 0.2) is 11.8 Å². The molecule has 1 unspecified atom stereocenters. The zero-order valence-corrected chi connectivity index (χ0v) is 18.1. The number of amides is 1. The minimum Gasteiger partial charge on any atom is -0.357 e. The van der Waals surface area contributed by atoms with Gasteiger partial charge in [-0.05, 0) is 32.6 Å². The van der Waals surface area contributed by atoms with Crippen molar-refractivity contribution in [1.29, 1.82) is 0 Å². The van der Waals surface area contributed by atoms with E-state index in [9.17, 15) is 4.79 Å². The number of rotatable bonds is 8. The van der Waals surface area contributed by atoms with Gasteiger partial charge in [-0.15, -0.1) is 0 Å². The molecule has 2 N–H and O–H groups in total. The summed E-state index contributed by atoms with van der Waals surface area (Å²) in [6.45, 7) is 9.30. The number of aliphatic imine (C=N–C) groups is 1. The van der Waals surface area contributed by atoms with E-state index in [0.717, 1.165) is 63.5 Å². The summed E-state index contributed by atoms with van der Waals surface area (Å²) < 4.78 is 5.29. The summed E-state index contributed by atoms with van der Waals surface area (Å²) in [6, 6.07) is 0.266. The van der Waals surface area contributed by atoms with E-state index >= 15 is 0 Å². The number of likely N-dealkylation sites (tertiary alicyclic amines) is 1. The predicted molar refractivity (Wildman–Crippen MR) is 113 cm³/mol. The average molecular weight is 405 g/mol. The van der Waals surface area contributed by atoms with Crippen molar-refractivity contribution in [1.82, 2.24) is 25.7 Å². The van der Waals surface area contributed by atoms with Crippen molar-refractivity contribution in [2.75, 3.05) is 26.2 Å². The van der Waals surface area contributed by atoms with Crippen LogP contribution in [0.2, 0.25) is 0 Å². The van der Waals surface area contributed by atoms with Crippen LogP contribution in [-0.2, 0) is 11.2 Å². The van der Waals surface area contributed by atoms with Crippen LogP contribution in [0.25, 0.3) is 0 Å². The minimum atomic E-state index is 0.261. The molecule has 1 amide bonds. The maximum Gasteiger partial charge on any atom is 0.226 e. The van der Waals surface area contributed by atoms with Crippen LogP contribution in [0.5, 0.6) is 0 Å².